The molecule has 0 saturated carbocycles. The lowest BCUT2D eigenvalue weighted by Gasteiger charge is -2.23. The van der Waals surface area contributed by atoms with E-state index in [0.717, 1.165) is 19.3 Å². The Hall–Kier alpha value is -1.58. The molecule has 0 aliphatic carbocycles. The summed E-state index contributed by atoms with van der Waals surface area (Å²) in [7, 11) is 0. The van der Waals surface area contributed by atoms with Crippen molar-refractivity contribution in [2.45, 2.75) is 26.2 Å². The maximum Gasteiger partial charge on any atom is 0.101 e. The number of pyridine rings is 1. The molecule has 2 heterocycles. The van der Waals surface area contributed by atoms with E-state index < -0.39 is 0 Å². The second kappa shape index (κ2) is 3.88. The van der Waals surface area contributed by atoms with E-state index in [-0.39, 0.29) is 0 Å². The minimum absolute atomic E-state index is 0.411. The first kappa shape index (κ1) is 9.96. The van der Waals surface area contributed by atoms with Gasteiger partial charge < -0.3 is 5.73 Å². The van der Waals surface area contributed by atoms with Crippen LogP contribution in [0.25, 0.3) is 6.08 Å². The molecule has 0 aromatic carbocycles. The van der Waals surface area contributed by atoms with Gasteiger partial charge in [-0.15, -0.1) is 0 Å². The molecule has 0 saturated heterocycles. The summed E-state index contributed by atoms with van der Waals surface area (Å²) in [4.78, 5) is 4.11. The number of hydrogen-bond donors (Lipinski definition) is 1. The van der Waals surface area contributed by atoms with Crippen molar-refractivity contribution in [3.63, 3.8) is 0 Å². The molecule has 4 heteroatoms. The number of allylic oxidation sites excluding steroid dienone is 1. The van der Waals surface area contributed by atoms with Gasteiger partial charge in [-0.3, -0.25) is 4.98 Å². The van der Waals surface area contributed by atoms with Crippen molar-refractivity contribution in [3.05, 3.63) is 23.7 Å². The van der Waals surface area contributed by atoms with E-state index in [9.17, 15) is 4.48 Å². The van der Waals surface area contributed by atoms with Crippen LogP contribution >= 0.6 is 0 Å². The predicted octanol–water partition coefficient (Wildman–Crippen LogP) is 2.90. The van der Waals surface area contributed by atoms with Gasteiger partial charge in [0.1, 0.15) is 5.69 Å². The maximum absolute atomic E-state index is 13.8. The van der Waals surface area contributed by atoms with Gasteiger partial charge in [0.15, 0.2) is 0 Å². The van der Waals surface area contributed by atoms with Crippen LogP contribution in [0, 0.1) is 0 Å². The van der Waals surface area contributed by atoms with Crippen LogP contribution < -0.4 is 10.9 Å². The van der Waals surface area contributed by atoms with Gasteiger partial charge in [-0.1, -0.05) is 17.8 Å². The van der Waals surface area contributed by atoms with E-state index in [1.807, 2.05) is 0 Å². The fourth-order valence-electron chi connectivity index (χ4n) is 1.66. The monoisotopic (exact) mass is 207 g/mol. The summed E-state index contributed by atoms with van der Waals surface area (Å²) in [6, 6.07) is 1.60. The van der Waals surface area contributed by atoms with E-state index in [1.54, 1.807) is 18.3 Å². The fourth-order valence-corrected chi connectivity index (χ4v) is 1.66. The number of unbranched alkanes of at least 4 members (excludes halogenated alkanes) is 1. The van der Waals surface area contributed by atoms with Crippen molar-refractivity contribution in [1.82, 2.24) is 4.98 Å². The van der Waals surface area contributed by atoms with Crippen molar-refractivity contribution in [1.29, 1.82) is 0 Å². The molecular formula is C11H14FN3. The van der Waals surface area contributed by atoms with Crippen LogP contribution in [0.15, 0.2) is 18.0 Å². The van der Waals surface area contributed by atoms with Gasteiger partial charge in [0, 0.05) is 6.20 Å². The highest BCUT2D eigenvalue weighted by atomic mass is 19.2. The summed E-state index contributed by atoms with van der Waals surface area (Å²) in [6.07, 6.45) is 6.02. The molecule has 0 spiro atoms. The molecule has 1 aliphatic heterocycles. The second-order valence-electron chi connectivity index (χ2n) is 3.65. The number of rotatable bonds is 3. The quantitative estimate of drug-likeness (QED) is 0.775. The first-order valence-electron chi connectivity index (χ1n) is 5.15. The summed E-state index contributed by atoms with van der Waals surface area (Å²) in [5, 5.41) is 0.666. The number of fused-ring (bicyclic) bond motifs is 2. The van der Waals surface area contributed by atoms with E-state index in [0.29, 0.717) is 27.9 Å². The van der Waals surface area contributed by atoms with Crippen molar-refractivity contribution < 1.29 is 4.48 Å². The Labute approximate surface area is 88.3 Å². The largest absolute Gasteiger partial charge is 0.395 e. The minimum atomic E-state index is 0.411. The van der Waals surface area contributed by atoms with E-state index >= 15 is 0 Å². The molecule has 80 valence electrons. The van der Waals surface area contributed by atoms with Gasteiger partial charge in [-0.25, -0.2) is 0 Å². The highest BCUT2D eigenvalue weighted by molar-refractivity contribution is 5.82. The SMILES string of the molecule is CCCCC1=Cc2nccc(c2N)N1F. The van der Waals surface area contributed by atoms with Crippen molar-refractivity contribution >= 4 is 17.5 Å². The normalized spacial score (nSPS) is 14.0. The van der Waals surface area contributed by atoms with E-state index in [2.05, 4.69) is 11.9 Å². The summed E-state index contributed by atoms with van der Waals surface area (Å²) in [5.41, 5.74) is 7.88. The van der Waals surface area contributed by atoms with Crippen molar-refractivity contribution in [2.24, 2.45) is 0 Å². The summed E-state index contributed by atoms with van der Waals surface area (Å²) < 4.78 is 13.8. The molecule has 1 aromatic heterocycles. The molecule has 1 aliphatic rings. The third-order valence-electron chi connectivity index (χ3n) is 2.55. The van der Waals surface area contributed by atoms with Gasteiger partial charge in [0.25, 0.3) is 0 Å². The summed E-state index contributed by atoms with van der Waals surface area (Å²) in [5.74, 6) is 0. The van der Waals surface area contributed by atoms with Crippen LogP contribution in [0.4, 0.5) is 15.9 Å². The van der Waals surface area contributed by atoms with Gasteiger partial charge in [0.05, 0.1) is 17.1 Å². The van der Waals surface area contributed by atoms with Crippen LogP contribution in [0.5, 0.6) is 0 Å². The van der Waals surface area contributed by atoms with E-state index in [4.69, 9.17) is 5.73 Å². The average Bonchev–Trinajstić information content (AvgIpc) is 2.23. The molecular weight excluding hydrogens is 193 g/mol. The Morgan fingerprint density at radius 3 is 3.07 bits per heavy atom. The smallest absolute Gasteiger partial charge is 0.101 e. The number of nitrogen functional groups attached to an aromatic ring is 1. The van der Waals surface area contributed by atoms with Crippen LogP contribution in [-0.2, 0) is 0 Å². The Balaban J connectivity index is 2.32. The number of nitrogens with zero attached hydrogens (tertiary/aromatic N) is 2. The van der Waals surface area contributed by atoms with Gasteiger partial charge in [-0.2, -0.15) is 5.12 Å². The Kier molecular flexibility index (Phi) is 2.58. The maximum atomic E-state index is 13.8. The molecule has 0 radical (unpaired) electrons. The number of hydrogen-bond acceptors (Lipinski definition) is 3. The Morgan fingerprint density at radius 2 is 2.33 bits per heavy atom. The fraction of sp³-hybridized carbons (Fsp3) is 0.364. The summed E-state index contributed by atoms with van der Waals surface area (Å²) >= 11 is 0. The molecule has 0 fully saturated rings. The first-order valence-corrected chi connectivity index (χ1v) is 5.15. The lowest BCUT2D eigenvalue weighted by Crippen LogP contribution is -2.17. The molecule has 3 nitrogen and oxygen atoms in total. The minimum Gasteiger partial charge on any atom is -0.395 e. The molecule has 0 unspecified atom stereocenters. The summed E-state index contributed by atoms with van der Waals surface area (Å²) in [6.45, 7) is 2.08. The zero-order chi connectivity index (χ0) is 10.8. The number of halogens is 1. The molecule has 15 heavy (non-hydrogen) atoms. The third kappa shape index (κ3) is 1.67. The number of anilines is 2. The zero-order valence-corrected chi connectivity index (χ0v) is 8.70. The highest BCUT2D eigenvalue weighted by Gasteiger charge is 2.21. The van der Waals surface area contributed by atoms with Gasteiger partial charge in [-0.05, 0) is 25.0 Å². The van der Waals surface area contributed by atoms with Crippen molar-refractivity contribution in [2.75, 3.05) is 10.9 Å². The topological polar surface area (TPSA) is 42.1 Å². The molecule has 2 N–H and O–H groups in total. The van der Waals surface area contributed by atoms with Crippen LogP contribution in [-0.4, -0.2) is 4.98 Å². The van der Waals surface area contributed by atoms with Crippen LogP contribution in [0.2, 0.25) is 0 Å². The van der Waals surface area contributed by atoms with Gasteiger partial charge >= 0.3 is 0 Å². The highest BCUT2D eigenvalue weighted by Crippen LogP contribution is 2.36. The average molecular weight is 207 g/mol. The standard InChI is InChI=1S/C11H14FN3/c1-2-3-4-8-7-9-11(13)10(15(8)12)5-6-14-9/h5-7H,2-4,13H2,1H3. The second-order valence-corrected chi connectivity index (χ2v) is 3.65. The Morgan fingerprint density at radius 1 is 1.53 bits per heavy atom. The van der Waals surface area contributed by atoms with Gasteiger partial charge in [0.2, 0.25) is 0 Å². The van der Waals surface area contributed by atoms with E-state index in [1.165, 1.54) is 0 Å². The molecule has 0 amide bonds. The van der Waals surface area contributed by atoms with Crippen LogP contribution in [0.1, 0.15) is 31.9 Å². The lowest BCUT2D eigenvalue weighted by molar-refractivity contribution is 0.467. The first-order chi connectivity index (χ1) is 7.24. The zero-order valence-electron chi connectivity index (χ0n) is 8.70. The van der Waals surface area contributed by atoms with Crippen LogP contribution in [0.3, 0.4) is 0 Å². The lowest BCUT2D eigenvalue weighted by atomic mass is 10.1. The number of aromatic nitrogens is 1. The molecule has 2 rings (SSSR count). The van der Waals surface area contributed by atoms with Crippen molar-refractivity contribution in [3.8, 4) is 0 Å². The molecule has 2 bridgehead atoms. The third-order valence-corrected chi connectivity index (χ3v) is 2.55. The molecule has 0 atom stereocenters. The predicted molar refractivity (Wildman–Crippen MR) is 59.7 cm³/mol. The molecule has 1 aromatic rings. The Bertz CT molecular complexity index is 401. The number of nitrogens with two attached hydrogens (primary N) is 1.